The summed E-state index contributed by atoms with van der Waals surface area (Å²) in [5, 5.41) is 3.23. The summed E-state index contributed by atoms with van der Waals surface area (Å²) in [6.45, 7) is 0. The second-order valence-electron chi connectivity index (χ2n) is 11.2. The van der Waals surface area contributed by atoms with Crippen LogP contribution in [0.3, 0.4) is 0 Å². The van der Waals surface area contributed by atoms with E-state index in [0.717, 1.165) is 70.4 Å². The number of rotatable bonds is 5. The summed E-state index contributed by atoms with van der Waals surface area (Å²) in [4.78, 5) is 30.4. The molecule has 47 heavy (non-hydrogen) atoms. The molecule has 4 aromatic carbocycles. The average molecular weight is 621 g/mol. The van der Waals surface area contributed by atoms with Crippen molar-refractivity contribution in [3.8, 4) is 56.7 Å². The van der Waals surface area contributed by atoms with Gasteiger partial charge in [-0.3, -0.25) is 4.98 Å². The molecule has 9 aromatic rings. The summed E-state index contributed by atoms with van der Waals surface area (Å²) in [7, 11) is 0. The number of fused-ring (bicyclic) bond motifs is 4. The SMILES string of the molecule is c1ccc(-c2nc(-c3ccccc3)nc(-c3cccc(-c4cnc5sc6ccnc(-c7ccc8ccccc8n7)c6c5c4)c3)n2)cc1. The molecule has 0 radical (unpaired) electrons. The molecule has 0 saturated carbocycles. The van der Waals surface area contributed by atoms with E-state index < -0.39 is 0 Å². The lowest BCUT2D eigenvalue weighted by Gasteiger charge is -2.10. The minimum Gasteiger partial charge on any atom is -0.254 e. The lowest BCUT2D eigenvalue weighted by atomic mass is 10.0. The third-order valence-corrected chi connectivity index (χ3v) is 9.31. The van der Waals surface area contributed by atoms with Crippen LogP contribution in [0.1, 0.15) is 0 Å². The normalized spacial score (nSPS) is 11.4. The second kappa shape index (κ2) is 11.3. The molecular weight excluding hydrogens is 597 g/mol. The van der Waals surface area contributed by atoms with E-state index in [2.05, 4.69) is 42.5 Å². The van der Waals surface area contributed by atoms with Crippen molar-refractivity contribution in [1.29, 1.82) is 0 Å². The van der Waals surface area contributed by atoms with Crippen LogP contribution in [-0.2, 0) is 0 Å². The fraction of sp³-hybridized carbons (Fsp3) is 0. The number of thiophene rings is 1. The molecule has 0 unspecified atom stereocenters. The number of para-hydroxylation sites is 1. The Morgan fingerprint density at radius 1 is 0.468 bits per heavy atom. The first-order valence-corrected chi connectivity index (χ1v) is 16.1. The van der Waals surface area contributed by atoms with Gasteiger partial charge >= 0.3 is 0 Å². The summed E-state index contributed by atoms with van der Waals surface area (Å²) in [5.41, 5.74) is 7.45. The molecule has 0 aliphatic carbocycles. The Hall–Kier alpha value is -6.18. The minimum atomic E-state index is 0.614. The molecule has 0 atom stereocenters. The predicted octanol–water partition coefficient (Wildman–Crippen LogP) is 9.91. The van der Waals surface area contributed by atoms with Gasteiger partial charge in [0.1, 0.15) is 4.83 Å². The minimum absolute atomic E-state index is 0.614. The summed E-state index contributed by atoms with van der Waals surface area (Å²) >= 11 is 1.67. The Labute approximate surface area is 274 Å². The van der Waals surface area contributed by atoms with Crippen LogP contribution in [0.2, 0.25) is 0 Å². The molecule has 0 aliphatic rings. The average Bonchev–Trinajstić information content (AvgIpc) is 3.53. The van der Waals surface area contributed by atoms with Gasteiger partial charge in [-0.25, -0.2) is 24.9 Å². The van der Waals surface area contributed by atoms with Gasteiger partial charge < -0.3 is 0 Å². The number of pyridine rings is 3. The van der Waals surface area contributed by atoms with Gasteiger partial charge in [-0.15, -0.1) is 11.3 Å². The third-order valence-electron chi connectivity index (χ3n) is 8.23. The van der Waals surface area contributed by atoms with E-state index in [4.69, 9.17) is 29.9 Å². The first-order chi connectivity index (χ1) is 23.3. The molecule has 9 rings (SSSR count). The van der Waals surface area contributed by atoms with Gasteiger partial charge in [-0.2, -0.15) is 0 Å². The van der Waals surface area contributed by atoms with Crippen molar-refractivity contribution in [3.05, 3.63) is 146 Å². The van der Waals surface area contributed by atoms with E-state index in [9.17, 15) is 0 Å². The van der Waals surface area contributed by atoms with Gasteiger partial charge in [0.25, 0.3) is 0 Å². The van der Waals surface area contributed by atoms with Crippen LogP contribution in [0.4, 0.5) is 0 Å². The molecule has 5 aromatic heterocycles. The molecule has 220 valence electrons. The van der Waals surface area contributed by atoms with Crippen LogP contribution >= 0.6 is 11.3 Å². The number of nitrogens with zero attached hydrogens (tertiary/aromatic N) is 6. The lowest BCUT2D eigenvalue weighted by molar-refractivity contribution is 1.07. The fourth-order valence-corrected chi connectivity index (χ4v) is 6.95. The maximum atomic E-state index is 4.97. The zero-order valence-electron chi connectivity index (χ0n) is 24.9. The molecule has 0 aliphatic heterocycles. The van der Waals surface area contributed by atoms with Crippen LogP contribution in [0, 0.1) is 0 Å². The van der Waals surface area contributed by atoms with Gasteiger partial charge in [0.05, 0.1) is 16.9 Å². The van der Waals surface area contributed by atoms with E-state index in [1.54, 1.807) is 11.3 Å². The Morgan fingerprint density at radius 3 is 1.89 bits per heavy atom. The van der Waals surface area contributed by atoms with Gasteiger partial charge in [-0.05, 0) is 35.9 Å². The van der Waals surface area contributed by atoms with Gasteiger partial charge in [0, 0.05) is 55.5 Å². The van der Waals surface area contributed by atoms with E-state index in [1.165, 1.54) is 0 Å². The largest absolute Gasteiger partial charge is 0.254 e. The highest BCUT2D eigenvalue weighted by Crippen LogP contribution is 2.39. The van der Waals surface area contributed by atoms with Gasteiger partial charge in [0.15, 0.2) is 17.5 Å². The molecule has 5 heterocycles. The molecular formula is C40H24N6S. The Morgan fingerprint density at radius 2 is 1.13 bits per heavy atom. The first-order valence-electron chi connectivity index (χ1n) is 15.3. The number of benzene rings is 4. The standard InChI is InChI=1S/C40H24N6S/c1-3-11-26(12-4-1)37-44-38(27-13-5-2-6-14-27)46-39(45-37)29-16-9-15-28(22-29)30-23-31-35-34(47-40(31)42-24-30)20-21-41-36(35)33-19-18-25-10-7-8-17-32(25)43-33/h1-24H. The highest BCUT2D eigenvalue weighted by molar-refractivity contribution is 7.25. The highest BCUT2D eigenvalue weighted by Gasteiger charge is 2.17. The van der Waals surface area contributed by atoms with Crippen molar-refractivity contribution in [2.24, 2.45) is 0 Å². The van der Waals surface area contributed by atoms with Crippen LogP contribution in [0.5, 0.6) is 0 Å². The lowest BCUT2D eigenvalue weighted by Crippen LogP contribution is -2.00. The van der Waals surface area contributed by atoms with E-state index in [-0.39, 0.29) is 0 Å². The number of hydrogen-bond acceptors (Lipinski definition) is 7. The maximum absolute atomic E-state index is 4.97. The Kier molecular flexibility index (Phi) is 6.54. The van der Waals surface area contributed by atoms with Crippen molar-refractivity contribution < 1.29 is 0 Å². The fourth-order valence-electron chi connectivity index (χ4n) is 5.93. The third kappa shape index (κ3) is 4.99. The van der Waals surface area contributed by atoms with E-state index in [1.807, 2.05) is 103 Å². The molecule has 0 fully saturated rings. The van der Waals surface area contributed by atoms with Gasteiger partial charge in [-0.1, -0.05) is 103 Å². The summed E-state index contributed by atoms with van der Waals surface area (Å²) < 4.78 is 1.13. The first kappa shape index (κ1) is 27.2. The topological polar surface area (TPSA) is 77.3 Å². The maximum Gasteiger partial charge on any atom is 0.164 e. The highest BCUT2D eigenvalue weighted by atomic mass is 32.1. The van der Waals surface area contributed by atoms with Crippen LogP contribution in [0.25, 0.3) is 87.9 Å². The zero-order valence-corrected chi connectivity index (χ0v) is 25.8. The second-order valence-corrected chi connectivity index (χ2v) is 12.3. The van der Waals surface area contributed by atoms with Gasteiger partial charge in [0.2, 0.25) is 0 Å². The van der Waals surface area contributed by atoms with Crippen LogP contribution < -0.4 is 0 Å². The van der Waals surface area contributed by atoms with E-state index in [0.29, 0.717) is 17.5 Å². The van der Waals surface area contributed by atoms with Crippen LogP contribution in [-0.4, -0.2) is 29.9 Å². The van der Waals surface area contributed by atoms with Crippen molar-refractivity contribution in [2.75, 3.05) is 0 Å². The van der Waals surface area contributed by atoms with Crippen molar-refractivity contribution in [1.82, 2.24) is 29.9 Å². The predicted molar refractivity (Wildman–Crippen MR) is 191 cm³/mol. The monoisotopic (exact) mass is 620 g/mol. The van der Waals surface area contributed by atoms with Crippen molar-refractivity contribution in [3.63, 3.8) is 0 Å². The smallest absolute Gasteiger partial charge is 0.164 e. The van der Waals surface area contributed by atoms with Crippen molar-refractivity contribution in [2.45, 2.75) is 0 Å². The molecule has 6 nitrogen and oxygen atoms in total. The molecule has 0 spiro atoms. The number of aromatic nitrogens is 6. The summed E-state index contributed by atoms with van der Waals surface area (Å²) in [6.07, 6.45) is 3.80. The summed E-state index contributed by atoms with van der Waals surface area (Å²) in [6, 6.07) is 44.9. The molecule has 0 amide bonds. The molecule has 0 N–H and O–H groups in total. The molecule has 0 bridgehead atoms. The quantitative estimate of drug-likeness (QED) is 0.191. The molecule has 7 heteroatoms. The van der Waals surface area contributed by atoms with Crippen molar-refractivity contribution >= 4 is 42.5 Å². The zero-order chi connectivity index (χ0) is 31.2. The molecule has 0 saturated heterocycles. The van der Waals surface area contributed by atoms with E-state index >= 15 is 0 Å². The number of hydrogen-bond donors (Lipinski definition) is 0. The van der Waals surface area contributed by atoms with Crippen LogP contribution in [0.15, 0.2) is 146 Å². The Bertz CT molecular complexity index is 2520. The summed E-state index contributed by atoms with van der Waals surface area (Å²) in [5.74, 6) is 1.88. The Balaban J connectivity index is 1.17.